The molecule has 10 nitrogen and oxygen atoms in total. The van der Waals surface area contributed by atoms with Crippen molar-refractivity contribution in [3.05, 3.63) is 243 Å². The summed E-state index contributed by atoms with van der Waals surface area (Å²) in [5.74, 6) is 3.00. The van der Waals surface area contributed by atoms with Gasteiger partial charge in [0.2, 0.25) is 0 Å². The number of hydrogen-bond donors (Lipinski definition) is 1. The van der Waals surface area contributed by atoms with Crippen LogP contribution in [0.1, 0.15) is 44.5 Å². The SMILES string of the molecule is COc1ccc(C(OCc2cc(COC(c3ccccc3)(c3ccc(OC)cc3)c3ccc(OC)cc3)cc(-n3ccc(N)nc3=O)c2)(c2ccccc2)c2ccc(OC)cc2)cc1. The van der Waals surface area contributed by atoms with E-state index >= 15 is 0 Å². The maximum Gasteiger partial charge on any atom is 0.354 e. The van der Waals surface area contributed by atoms with Gasteiger partial charge < -0.3 is 34.2 Å². The second-order valence-electron chi connectivity index (χ2n) is 15.1. The minimum Gasteiger partial charge on any atom is -0.497 e. The molecule has 0 unspecified atom stereocenters. The van der Waals surface area contributed by atoms with Gasteiger partial charge in [0.15, 0.2) is 0 Å². The molecule has 1 heterocycles. The van der Waals surface area contributed by atoms with Crippen molar-refractivity contribution < 1.29 is 28.4 Å². The Kier molecular flexibility index (Phi) is 12.9. The van der Waals surface area contributed by atoms with Gasteiger partial charge in [-0.1, -0.05) is 115 Å². The quantitative estimate of drug-likeness (QED) is 0.0894. The first-order valence-electron chi connectivity index (χ1n) is 20.7. The normalized spacial score (nSPS) is 11.5. The topological polar surface area (TPSA) is 116 Å². The molecule has 0 bridgehead atoms. The number of nitrogen functional groups attached to an aromatic ring is 1. The van der Waals surface area contributed by atoms with Crippen molar-refractivity contribution in [2.45, 2.75) is 24.4 Å². The van der Waals surface area contributed by atoms with Crippen molar-refractivity contribution in [1.29, 1.82) is 0 Å². The monoisotopic (exact) mass is 851 g/mol. The van der Waals surface area contributed by atoms with E-state index in [-0.39, 0.29) is 19.0 Å². The van der Waals surface area contributed by atoms with Gasteiger partial charge in [-0.25, -0.2) is 4.79 Å². The fourth-order valence-electron chi connectivity index (χ4n) is 8.19. The number of nitrogens with zero attached hydrogens (tertiary/aromatic N) is 2. The lowest BCUT2D eigenvalue weighted by Crippen LogP contribution is -2.33. The molecule has 0 radical (unpaired) electrons. The van der Waals surface area contributed by atoms with Gasteiger partial charge in [0.1, 0.15) is 40.0 Å². The lowest BCUT2D eigenvalue weighted by molar-refractivity contribution is -0.00242. The summed E-state index contributed by atoms with van der Waals surface area (Å²) in [6.07, 6.45) is 1.63. The fraction of sp³-hybridized carbons (Fsp3) is 0.148. The molecule has 0 saturated heterocycles. The van der Waals surface area contributed by atoms with E-state index in [4.69, 9.17) is 34.2 Å². The van der Waals surface area contributed by atoms with Crippen LogP contribution in [-0.4, -0.2) is 38.0 Å². The van der Waals surface area contributed by atoms with Crippen molar-refractivity contribution in [3.63, 3.8) is 0 Å². The van der Waals surface area contributed by atoms with Gasteiger partial charge in [0, 0.05) is 6.20 Å². The first-order valence-corrected chi connectivity index (χ1v) is 20.7. The molecule has 8 rings (SSSR count). The molecular formula is C54H49N3O7. The van der Waals surface area contributed by atoms with E-state index in [9.17, 15) is 4.79 Å². The number of nitrogens with two attached hydrogens (primary N) is 1. The average Bonchev–Trinajstić information content (AvgIpc) is 3.35. The molecule has 0 saturated carbocycles. The lowest BCUT2D eigenvalue weighted by atomic mass is 9.80. The van der Waals surface area contributed by atoms with Gasteiger partial charge in [-0.3, -0.25) is 4.57 Å². The zero-order valence-corrected chi connectivity index (χ0v) is 36.1. The van der Waals surface area contributed by atoms with Crippen LogP contribution in [0.5, 0.6) is 23.0 Å². The predicted molar refractivity (Wildman–Crippen MR) is 248 cm³/mol. The number of rotatable bonds is 17. The summed E-state index contributed by atoms with van der Waals surface area (Å²) in [6, 6.07) is 59.3. The van der Waals surface area contributed by atoms with E-state index < -0.39 is 16.9 Å². The van der Waals surface area contributed by atoms with E-state index in [0.717, 1.165) is 67.5 Å². The highest BCUT2D eigenvalue weighted by Crippen LogP contribution is 2.44. The fourth-order valence-corrected chi connectivity index (χ4v) is 8.19. The molecule has 0 aliphatic heterocycles. The summed E-state index contributed by atoms with van der Waals surface area (Å²) in [7, 11) is 6.59. The number of aromatic nitrogens is 2. The third-order valence-electron chi connectivity index (χ3n) is 11.4. The van der Waals surface area contributed by atoms with Gasteiger partial charge in [-0.05, 0) is 111 Å². The van der Waals surface area contributed by atoms with Crippen LogP contribution in [0.2, 0.25) is 0 Å². The number of benzene rings is 7. The van der Waals surface area contributed by atoms with Crippen LogP contribution in [-0.2, 0) is 33.9 Å². The molecule has 0 atom stereocenters. The van der Waals surface area contributed by atoms with Crippen LogP contribution in [0, 0.1) is 0 Å². The number of anilines is 1. The number of methoxy groups -OCH3 is 4. The highest BCUT2D eigenvalue weighted by Gasteiger charge is 2.39. The summed E-state index contributed by atoms with van der Waals surface area (Å²) < 4.78 is 38.4. The van der Waals surface area contributed by atoms with Gasteiger partial charge >= 0.3 is 5.69 Å². The van der Waals surface area contributed by atoms with Crippen LogP contribution in [0.4, 0.5) is 5.82 Å². The summed E-state index contributed by atoms with van der Waals surface area (Å²) in [6.45, 7) is 0.234. The molecule has 0 amide bonds. The van der Waals surface area contributed by atoms with E-state index in [1.165, 1.54) is 4.57 Å². The predicted octanol–water partition coefficient (Wildman–Crippen LogP) is 9.87. The van der Waals surface area contributed by atoms with Crippen LogP contribution < -0.4 is 30.4 Å². The van der Waals surface area contributed by atoms with Gasteiger partial charge in [0.05, 0.1) is 47.3 Å². The summed E-state index contributed by atoms with van der Waals surface area (Å²) in [4.78, 5) is 17.5. The molecule has 0 aliphatic carbocycles. The van der Waals surface area contributed by atoms with Gasteiger partial charge in [0.25, 0.3) is 0 Å². The molecule has 0 spiro atoms. The lowest BCUT2D eigenvalue weighted by Gasteiger charge is -2.37. The molecule has 1 aromatic heterocycles. The molecule has 2 N–H and O–H groups in total. The Labute approximate surface area is 373 Å². The van der Waals surface area contributed by atoms with Crippen LogP contribution in [0.25, 0.3) is 5.69 Å². The zero-order chi connectivity index (χ0) is 44.5. The molecule has 322 valence electrons. The van der Waals surface area contributed by atoms with Crippen molar-refractivity contribution in [3.8, 4) is 28.7 Å². The Morgan fingerprint density at radius 2 is 0.781 bits per heavy atom. The smallest absolute Gasteiger partial charge is 0.354 e. The second-order valence-corrected chi connectivity index (χ2v) is 15.1. The largest absolute Gasteiger partial charge is 0.497 e. The third kappa shape index (κ3) is 8.70. The maximum atomic E-state index is 13.5. The standard InChI is InChI=1S/C54H49N3O7/c1-59-47-23-15-42(16-24-47)53(40-11-7-5-8-12-40,43-17-25-48(60-2)26-18-43)63-36-38-33-39(35-46(34-38)57-32-31-51(55)56-52(57)58)37-64-54(41-13-9-6-10-14-41,44-19-27-49(61-3)28-20-44)45-21-29-50(62-4)30-22-45/h5-35H,36-37H2,1-4H3,(H2,55,56,58). The van der Waals surface area contributed by atoms with E-state index in [1.54, 1.807) is 40.7 Å². The van der Waals surface area contributed by atoms with Crippen molar-refractivity contribution in [2.75, 3.05) is 34.2 Å². The molecular weight excluding hydrogens is 803 g/mol. The van der Waals surface area contributed by atoms with Crippen LogP contribution in [0.15, 0.2) is 193 Å². The summed E-state index contributed by atoms with van der Waals surface area (Å²) in [5.41, 5.74) is 10.7. The zero-order valence-electron chi connectivity index (χ0n) is 36.1. The molecule has 8 aromatic rings. The minimum absolute atomic E-state index is 0.117. The van der Waals surface area contributed by atoms with Crippen molar-refractivity contribution in [2.24, 2.45) is 0 Å². The summed E-state index contributed by atoms with van der Waals surface area (Å²) >= 11 is 0. The average molecular weight is 852 g/mol. The minimum atomic E-state index is -1.10. The highest BCUT2D eigenvalue weighted by atomic mass is 16.5. The molecule has 10 heteroatoms. The van der Waals surface area contributed by atoms with Gasteiger partial charge in [-0.2, -0.15) is 4.98 Å². The van der Waals surface area contributed by atoms with E-state index in [0.29, 0.717) is 5.69 Å². The van der Waals surface area contributed by atoms with E-state index in [2.05, 4.69) is 35.3 Å². The first-order chi connectivity index (χ1) is 31.3. The van der Waals surface area contributed by atoms with Crippen LogP contribution in [0.3, 0.4) is 0 Å². The Morgan fingerprint density at radius 3 is 1.09 bits per heavy atom. The maximum absolute atomic E-state index is 13.5. The molecule has 64 heavy (non-hydrogen) atoms. The first kappa shape index (κ1) is 43.0. The highest BCUT2D eigenvalue weighted by molar-refractivity contribution is 5.52. The van der Waals surface area contributed by atoms with Crippen molar-refractivity contribution in [1.82, 2.24) is 9.55 Å². The van der Waals surface area contributed by atoms with E-state index in [1.807, 2.05) is 146 Å². The second kappa shape index (κ2) is 19.2. The molecule has 7 aromatic carbocycles. The van der Waals surface area contributed by atoms with Gasteiger partial charge in [-0.15, -0.1) is 0 Å². The molecule has 0 fully saturated rings. The summed E-state index contributed by atoms with van der Waals surface area (Å²) in [5, 5.41) is 0. The Hall–Kier alpha value is -7.66. The molecule has 0 aliphatic rings. The Balaban J connectivity index is 1.27. The third-order valence-corrected chi connectivity index (χ3v) is 11.4. The van der Waals surface area contributed by atoms with Crippen LogP contribution >= 0.6 is 0 Å². The Morgan fingerprint density at radius 1 is 0.453 bits per heavy atom. The number of hydrogen-bond acceptors (Lipinski definition) is 9. The number of ether oxygens (including phenoxy) is 6. The Bertz CT molecular complexity index is 2570. The van der Waals surface area contributed by atoms with Crippen molar-refractivity contribution >= 4 is 5.82 Å².